The summed E-state index contributed by atoms with van der Waals surface area (Å²) >= 11 is 1.39. The van der Waals surface area contributed by atoms with Crippen LogP contribution in [0.1, 0.15) is 32.5 Å². The third-order valence-electron chi connectivity index (χ3n) is 2.80. The quantitative estimate of drug-likeness (QED) is 0.857. The van der Waals surface area contributed by atoms with Gasteiger partial charge in [-0.05, 0) is 20.3 Å². The van der Waals surface area contributed by atoms with Crippen molar-refractivity contribution in [2.45, 2.75) is 26.8 Å². The molecule has 7 heteroatoms. The van der Waals surface area contributed by atoms with Gasteiger partial charge in [-0.15, -0.1) is 11.3 Å². The molecule has 102 valence electrons. The number of aryl methyl sites for hydroxylation is 2. The normalized spacial score (nSPS) is 10.7. The number of hydrogen-bond donors (Lipinski definition) is 2. The van der Waals surface area contributed by atoms with Gasteiger partial charge < -0.3 is 15.6 Å². The SMILES string of the molecule is Cc1noc(C)c1CCNC(=O)c1csc(CN)n1. The highest BCUT2D eigenvalue weighted by Gasteiger charge is 2.12. The summed E-state index contributed by atoms with van der Waals surface area (Å²) in [5.41, 5.74) is 7.79. The number of rotatable bonds is 5. The Kier molecular flexibility index (Phi) is 4.28. The Morgan fingerprint density at radius 2 is 2.32 bits per heavy atom. The summed E-state index contributed by atoms with van der Waals surface area (Å²) in [6.07, 6.45) is 0.695. The van der Waals surface area contributed by atoms with Gasteiger partial charge in [0.05, 0.1) is 5.69 Å². The average molecular weight is 280 g/mol. The molecule has 0 saturated heterocycles. The predicted octanol–water partition coefficient (Wildman–Crippen LogP) is 1.18. The molecule has 2 heterocycles. The Bertz CT molecular complexity index is 557. The third-order valence-corrected chi connectivity index (χ3v) is 3.67. The number of nitrogens with zero attached hydrogens (tertiary/aromatic N) is 2. The first-order valence-electron chi connectivity index (χ1n) is 5.96. The number of amides is 1. The van der Waals surface area contributed by atoms with Crippen molar-refractivity contribution in [1.29, 1.82) is 0 Å². The third kappa shape index (κ3) is 3.18. The van der Waals surface area contributed by atoms with E-state index < -0.39 is 0 Å². The highest BCUT2D eigenvalue weighted by molar-refractivity contribution is 7.09. The maximum Gasteiger partial charge on any atom is 0.270 e. The largest absolute Gasteiger partial charge is 0.361 e. The molecule has 0 saturated carbocycles. The predicted molar refractivity (Wildman–Crippen MR) is 72.0 cm³/mol. The average Bonchev–Trinajstić information content (AvgIpc) is 2.99. The van der Waals surface area contributed by atoms with Crippen LogP contribution in [0.5, 0.6) is 0 Å². The highest BCUT2D eigenvalue weighted by Crippen LogP contribution is 2.12. The molecule has 0 unspecified atom stereocenters. The summed E-state index contributed by atoms with van der Waals surface area (Å²) in [7, 11) is 0. The van der Waals surface area contributed by atoms with E-state index >= 15 is 0 Å². The van der Waals surface area contributed by atoms with Gasteiger partial charge in [-0.1, -0.05) is 5.16 Å². The van der Waals surface area contributed by atoms with Crippen LogP contribution in [0.2, 0.25) is 0 Å². The maximum absolute atomic E-state index is 11.8. The lowest BCUT2D eigenvalue weighted by molar-refractivity contribution is 0.0949. The zero-order chi connectivity index (χ0) is 13.8. The molecule has 0 aliphatic carbocycles. The van der Waals surface area contributed by atoms with Gasteiger partial charge in [0.1, 0.15) is 16.5 Å². The zero-order valence-electron chi connectivity index (χ0n) is 10.9. The number of thiazole rings is 1. The summed E-state index contributed by atoms with van der Waals surface area (Å²) < 4.78 is 5.07. The number of carbonyl (C=O) groups is 1. The zero-order valence-corrected chi connectivity index (χ0v) is 11.7. The van der Waals surface area contributed by atoms with Crippen molar-refractivity contribution in [2.24, 2.45) is 5.73 Å². The Hall–Kier alpha value is -1.73. The monoisotopic (exact) mass is 280 g/mol. The number of hydrogen-bond acceptors (Lipinski definition) is 6. The molecule has 0 radical (unpaired) electrons. The van der Waals surface area contributed by atoms with Crippen LogP contribution in [0.25, 0.3) is 0 Å². The number of nitrogens with one attached hydrogen (secondary N) is 1. The van der Waals surface area contributed by atoms with Crippen LogP contribution in [0.15, 0.2) is 9.90 Å². The van der Waals surface area contributed by atoms with Crippen LogP contribution in [0, 0.1) is 13.8 Å². The molecule has 0 spiro atoms. The van der Waals surface area contributed by atoms with Crippen molar-refractivity contribution in [3.8, 4) is 0 Å². The first-order valence-corrected chi connectivity index (χ1v) is 6.84. The number of aromatic nitrogens is 2. The lowest BCUT2D eigenvalue weighted by atomic mass is 10.1. The standard InChI is InChI=1S/C12H16N4O2S/c1-7-9(8(2)18-16-7)3-4-14-12(17)10-6-19-11(5-13)15-10/h6H,3-5,13H2,1-2H3,(H,14,17). The van der Waals surface area contributed by atoms with Gasteiger partial charge in [0.15, 0.2) is 0 Å². The summed E-state index contributed by atoms with van der Waals surface area (Å²) in [4.78, 5) is 16.0. The van der Waals surface area contributed by atoms with Gasteiger partial charge in [0.2, 0.25) is 0 Å². The van der Waals surface area contributed by atoms with E-state index in [4.69, 9.17) is 10.3 Å². The molecule has 0 bridgehead atoms. The minimum absolute atomic E-state index is 0.178. The molecule has 1 amide bonds. The fourth-order valence-electron chi connectivity index (χ4n) is 1.76. The molecule has 0 aliphatic heterocycles. The van der Waals surface area contributed by atoms with E-state index in [1.165, 1.54) is 11.3 Å². The first-order chi connectivity index (χ1) is 9.11. The van der Waals surface area contributed by atoms with Crippen molar-refractivity contribution >= 4 is 17.2 Å². The summed E-state index contributed by atoms with van der Waals surface area (Å²) in [6.45, 7) is 4.64. The van der Waals surface area contributed by atoms with Gasteiger partial charge in [0, 0.05) is 24.0 Å². The van der Waals surface area contributed by atoms with E-state index in [-0.39, 0.29) is 5.91 Å². The molecule has 0 aromatic carbocycles. The van der Waals surface area contributed by atoms with Crippen LogP contribution in [-0.4, -0.2) is 22.6 Å². The van der Waals surface area contributed by atoms with Crippen molar-refractivity contribution in [3.63, 3.8) is 0 Å². The topological polar surface area (TPSA) is 94.0 Å². The molecule has 2 rings (SSSR count). The van der Waals surface area contributed by atoms with Crippen molar-refractivity contribution in [2.75, 3.05) is 6.54 Å². The van der Waals surface area contributed by atoms with E-state index in [0.29, 0.717) is 25.2 Å². The first kappa shape index (κ1) is 13.7. The Balaban J connectivity index is 1.87. The molecule has 0 fully saturated rings. The van der Waals surface area contributed by atoms with E-state index in [9.17, 15) is 4.79 Å². The van der Waals surface area contributed by atoms with E-state index in [1.54, 1.807) is 5.38 Å². The van der Waals surface area contributed by atoms with Gasteiger partial charge in [0.25, 0.3) is 5.91 Å². The van der Waals surface area contributed by atoms with Crippen LogP contribution in [0.3, 0.4) is 0 Å². The van der Waals surface area contributed by atoms with E-state index in [2.05, 4.69) is 15.5 Å². The Morgan fingerprint density at radius 3 is 2.89 bits per heavy atom. The minimum atomic E-state index is -0.178. The summed E-state index contributed by atoms with van der Waals surface area (Å²) in [5.74, 6) is 0.619. The fourth-order valence-corrected chi connectivity index (χ4v) is 2.41. The van der Waals surface area contributed by atoms with E-state index in [0.717, 1.165) is 22.0 Å². The van der Waals surface area contributed by atoms with Crippen LogP contribution >= 0.6 is 11.3 Å². The Labute approximate surface area is 115 Å². The van der Waals surface area contributed by atoms with Crippen molar-refractivity contribution in [3.05, 3.63) is 33.1 Å². The highest BCUT2D eigenvalue weighted by atomic mass is 32.1. The molecule has 0 aliphatic rings. The minimum Gasteiger partial charge on any atom is -0.361 e. The molecule has 0 atom stereocenters. The number of carbonyl (C=O) groups excluding carboxylic acids is 1. The van der Waals surface area contributed by atoms with Gasteiger partial charge in [-0.2, -0.15) is 0 Å². The molecule has 3 N–H and O–H groups in total. The van der Waals surface area contributed by atoms with Crippen molar-refractivity contribution < 1.29 is 9.32 Å². The van der Waals surface area contributed by atoms with Gasteiger partial charge >= 0.3 is 0 Å². The second kappa shape index (κ2) is 5.94. The molecular weight excluding hydrogens is 264 g/mol. The van der Waals surface area contributed by atoms with Gasteiger partial charge in [-0.25, -0.2) is 4.98 Å². The lowest BCUT2D eigenvalue weighted by Crippen LogP contribution is -2.26. The lowest BCUT2D eigenvalue weighted by Gasteiger charge is -2.02. The van der Waals surface area contributed by atoms with E-state index in [1.807, 2.05) is 13.8 Å². The summed E-state index contributed by atoms with van der Waals surface area (Å²) in [5, 5.41) is 9.17. The summed E-state index contributed by atoms with van der Waals surface area (Å²) in [6, 6.07) is 0. The number of nitrogens with two attached hydrogens (primary N) is 1. The maximum atomic E-state index is 11.8. The van der Waals surface area contributed by atoms with Crippen LogP contribution in [0.4, 0.5) is 0 Å². The molecule has 6 nitrogen and oxygen atoms in total. The Morgan fingerprint density at radius 1 is 1.53 bits per heavy atom. The molecular formula is C12H16N4O2S. The van der Waals surface area contributed by atoms with Gasteiger partial charge in [-0.3, -0.25) is 4.79 Å². The van der Waals surface area contributed by atoms with Crippen LogP contribution < -0.4 is 11.1 Å². The molecule has 2 aromatic heterocycles. The smallest absolute Gasteiger partial charge is 0.270 e. The second-order valence-corrected chi connectivity index (χ2v) is 5.08. The fraction of sp³-hybridized carbons (Fsp3) is 0.417. The van der Waals surface area contributed by atoms with Crippen LogP contribution in [-0.2, 0) is 13.0 Å². The molecule has 2 aromatic rings. The molecule has 19 heavy (non-hydrogen) atoms. The second-order valence-electron chi connectivity index (χ2n) is 4.14. The van der Waals surface area contributed by atoms with Crippen molar-refractivity contribution in [1.82, 2.24) is 15.5 Å².